The molecular weight excluding hydrogens is 250 g/mol. The summed E-state index contributed by atoms with van der Waals surface area (Å²) in [5.74, 6) is -0.780. The van der Waals surface area contributed by atoms with Gasteiger partial charge in [-0.2, -0.15) is 0 Å². The van der Waals surface area contributed by atoms with Crippen LogP contribution in [-0.4, -0.2) is 31.5 Å². The van der Waals surface area contributed by atoms with Crippen molar-refractivity contribution in [3.05, 3.63) is 35.9 Å². The van der Waals surface area contributed by atoms with Gasteiger partial charge in [0.15, 0.2) is 0 Å². The summed E-state index contributed by atoms with van der Waals surface area (Å²) in [4.78, 5) is 22.8. The summed E-state index contributed by atoms with van der Waals surface area (Å²) in [6, 6.07) is 9.13. The Morgan fingerprint density at radius 1 is 1.32 bits per heavy atom. The zero-order valence-corrected chi connectivity index (χ0v) is 10.3. The Morgan fingerprint density at radius 2 is 2.11 bits per heavy atom. The third-order valence-corrected chi connectivity index (χ3v) is 2.53. The number of hydrogen-bond donors (Lipinski definition) is 1. The van der Waals surface area contributed by atoms with Crippen LogP contribution in [0.1, 0.15) is 12.0 Å². The maximum absolute atomic E-state index is 11.5. The van der Waals surface area contributed by atoms with E-state index in [1.807, 2.05) is 18.2 Å². The molecule has 1 atom stereocenters. The lowest BCUT2D eigenvalue weighted by molar-refractivity contribution is -0.158. The number of nitrogens with one attached hydrogen (secondary N) is 1. The zero-order valence-electron chi connectivity index (χ0n) is 10.3. The number of benzene rings is 1. The van der Waals surface area contributed by atoms with Crippen molar-refractivity contribution in [2.75, 3.05) is 13.2 Å². The highest BCUT2D eigenvalue weighted by Gasteiger charge is 2.25. The van der Waals surface area contributed by atoms with E-state index in [0.717, 1.165) is 12.0 Å². The third-order valence-electron chi connectivity index (χ3n) is 2.53. The third kappa shape index (κ3) is 4.35. The summed E-state index contributed by atoms with van der Waals surface area (Å²) in [7, 11) is 0. The van der Waals surface area contributed by atoms with Gasteiger partial charge in [0.25, 0.3) is 0 Å². The molecule has 1 unspecified atom stereocenters. The molecule has 102 valence electrons. The zero-order chi connectivity index (χ0) is 13.5. The molecule has 0 aromatic heterocycles. The monoisotopic (exact) mass is 265 g/mol. The summed E-state index contributed by atoms with van der Waals surface area (Å²) >= 11 is 0. The molecule has 1 N–H and O–H groups in total. The minimum absolute atomic E-state index is 0.0614. The fraction of sp³-hybridized carbons (Fsp3) is 0.385. The fourth-order valence-electron chi connectivity index (χ4n) is 1.60. The molecule has 1 aromatic carbocycles. The number of carbonyl (C=O) groups is 2. The van der Waals surface area contributed by atoms with Crippen LogP contribution in [-0.2, 0) is 25.6 Å². The summed E-state index contributed by atoms with van der Waals surface area (Å²) in [6.07, 6.45) is -1.09. The second-order valence-corrected chi connectivity index (χ2v) is 4.00. The van der Waals surface area contributed by atoms with E-state index in [1.165, 1.54) is 0 Å². The molecular formula is C13H15NO5. The first kappa shape index (κ1) is 13.5. The van der Waals surface area contributed by atoms with Crippen LogP contribution >= 0.6 is 0 Å². The number of hydrogen-bond acceptors (Lipinski definition) is 6. The Bertz CT molecular complexity index is 428. The van der Waals surface area contributed by atoms with Crippen LogP contribution in [0.15, 0.2) is 30.3 Å². The molecule has 0 radical (unpaired) electrons. The van der Waals surface area contributed by atoms with Crippen LogP contribution in [0.5, 0.6) is 0 Å². The Hall–Kier alpha value is -1.92. The van der Waals surface area contributed by atoms with E-state index >= 15 is 0 Å². The first-order valence-electron chi connectivity index (χ1n) is 6.03. The van der Waals surface area contributed by atoms with Crippen LogP contribution in [0, 0.1) is 0 Å². The molecule has 2 rings (SSSR count). The highest BCUT2D eigenvalue weighted by molar-refractivity contribution is 5.84. The predicted octanol–water partition coefficient (Wildman–Crippen LogP) is 1.20. The van der Waals surface area contributed by atoms with E-state index < -0.39 is 18.4 Å². The van der Waals surface area contributed by atoms with Gasteiger partial charge in [-0.1, -0.05) is 30.3 Å². The Morgan fingerprint density at radius 3 is 2.79 bits per heavy atom. The fourth-order valence-corrected chi connectivity index (χ4v) is 1.60. The van der Waals surface area contributed by atoms with E-state index in [4.69, 9.17) is 9.47 Å². The van der Waals surface area contributed by atoms with Crippen LogP contribution < -0.4 is 5.32 Å². The predicted molar refractivity (Wildman–Crippen MR) is 65.1 cm³/mol. The number of carbonyl (C=O) groups excluding carboxylic acids is 2. The van der Waals surface area contributed by atoms with Crippen molar-refractivity contribution in [1.29, 1.82) is 0 Å². The van der Waals surface area contributed by atoms with E-state index in [2.05, 4.69) is 10.1 Å². The molecule has 0 aliphatic carbocycles. The minimum atomic E-state index is -1.02. The van der Waals surface area contributed by atoms with Crippen molar-refractivity contribution in [2.45, 2.75) is 19.3 Å². The summed E-state index contributed by atoms with van der Waals surface area (Å²) < 4.78 is 14.5. The Balaban J connectivity index is 1.73. The standard InChI is InChI=1S/C13H15NO5/c15-12(11-14-7-4-8-17-11)19-13(16)18-9-10-5-2-1-3-6-10/h1-3,5-6,11,14H,4,7-9H2. The first-order chi connectivity index (χ1) is 9.25. The van der Waals surface area contributed by atoms with E-state index in [0.29, 0.717) is 13.2 Å². The molecule has 6 heteroatoms. The summed E-state index contributed by atoms with van der Waals surface area (Å²) in [5, 5.41) is 2.79. The molecule has 1 fully saturated rings. The van der Waals surface area contributed by atoms with Gasteiger partial charge < -0.3 is 14.2 Å². The maximum atomic E-state index is 11.5. The van der Waals surface area contributed by atoms with Crippen molar-refractivity contribution in [3.63, 3.8) is 0 Å². The van der Waals surface area contributed by atoms with Gasteiger partial charge in [0.1, 0.15) is 6.61 Å². The van der Waals surface area contributed by atoms with Gasteiger partial charge in [-0.15, -0.1) is 0 Å². The average Bonchev–Trinajstić information content (AvgIpc) is 2.47. The van der Waals surface area contributed by atoms with Crippen molar-refractivity contribution in [1.82, 2.24) is 5.32 Å². The second kappa shape index (κ2) is 6.86. The molecule has 0 amide bonds. The lowest BCUT2D eigenvalue weighted by Gasteiger charge is -2.21. The minimum Gasteiger partial charge on any atom is -0.429 e. The van der Waals surface area contributed by atoms with E-state index in [-0.39, 0.29) is 6.61 Å². The summed E-state index contributed by atoms with van der Waals surface area (Å²) in [6.45, 7) is 1.18. The second-order valence-electron chi connectivity index (χ2n) is 4.00. The smallest absolute Gasteiger partial charge is 0.429 e. The van der Waals surface area contributed by atoms with Crippen molar-refractivity contribution in [3.8, 4) is 0 Å². The molecule has 1 aromatic rings. The largest absolute Gasteiger partial charge is 0.516 e. The van der Waals surface area contributed by atoms with E-state index in [9.17, 15) is 9.59 Å². The van der Waals surface area contributed by atoms with Crippen LogP contribution in [0.3, 0.4) is 0 Å². The molecule has 19 heavy (non-hydrogen) atoms. The topological polar surface area (TPSA) is 73.9 Å². The van der Waals surface area contributed by atoms with Gasteiger partial charge >= 0.3 is 12.1 Å². The van der Waals surface area contributed by atoms with Gasteiger partial charge in [-0.25, -0.2) is 9.59 Å². The molecule has 0 spiro atoms. The van der Waals surface area contributed by atoms with Gasteiger partial charge in [-0.3, -0.25) is 5.32 Å². The number of esters is 1. The molecule has 0 bridgehead atoms. The molecule has 1 aliphatic rings. The van der Waals surface area contributed by atoms with Crippen LogP contribution in [0.4, 0.5) is 4.79 Å². The van der Waals surface area contributed by atoms with Crippen molar-refractivity contribution in [2.24, 2.45) is 0 Å². The van der Waals surface area contributed by atoms with Gasteiger partial charge in [0.05, 0.1) is 6.61 Å². The molecule has 6 nitrogen and oxygen atoms in total. The van der Waals surface area contributed by atoms with E-state index in [1.54, 1.807) is 12.1 Å². The SMILES string of the molecule is O=C(OCc1ccccc1)OC(=O)C1NCCCO1. The lowest BCUT2D eigenvalue weighted by atomic mass is 10.2. The molecule has 1 heterocycles. The quantitative estimate of drug-likeness (QED) is 0.654. The number of ether oxygens (including phenoxy) is 3. The van der Waals surface area contributed by atoms with Crippen LogP contribution in [0.25, 0.3) is 0 Å². The molecule has 1 saturated heterocycles. The normalized spacial score (nSPS) is 18.6. The Labute approximate surface area is 110 Å². The van der Waals surface area contributed by atoms with Crippen molar-refractivity contribution >= 4 is 12.1 Å². The molecule has 1 aliphatic heterocycles. The van der Waals surface area contributed by atoms with Crippen LogP contribution in [0.2, 0.25) is 0 Å². The van der Waals surface area contributed by atoms with Gasteiger partial charge in [-0.05, 0) is 12.0 Å². The number of rotatable bonds is 3. The van der Waals surface area contributed by atoms with Gasteiger partial charge in [0.2, 0.25) is 6.23 Å². The Kier molecular flexibility index (Phi) is 4.88. The average molecular weight is 265 g/mol. The van der Waals surface area contributed by atoms with Crippen molar-refractivity contribution < 1.29 is 23.8 Å². The maximum Gasteiger partial charge on any atom is 0.516 e. The highest BCUT2D eigenvalue weighted by Crippen LogP contribution is 2.04. The first-order valence-corrected chi connectivity index (χ1v) is 6.03. The molecule has 0 saturated carbocycles. The lowest BCUT2D eigenvalue weighted by Crippen LogP contribution is -2.45. The van der Waals surface area contributed by atoms with Gasteiger partial charge in [0, 0.05) is 6.54 Å². The highest BCUT2D eigenvalue weighted by atomic mass is 16.7. The summed E-state index contributed by atoms with van der Waals surface area (Å²) in [5.41, 5.74) is 0.818.